The van der Waals surface area contributed by atoms with Gasteiger partial charge in [0.1, 0.15) is 0 Å². The Balaban J connectivity index is 1.85. The van der Waals surface area contributed by atoms with Gasteiger partial charge in [0.05, 0.1) is 6.33 Å². The summed E-state index contributed by atoms with van der Waals surface area (Å²) < 4.78 is 0. The van der Waals surface area contributed by atoms with Gasteiger partial charge < -0.3 is 10.3 Å². The SMILES string of the molecule is CCSCCCNCCc1cnc[nH]1. The zero-order chi connectivity index (χ0) is 10.1. The van der Waals surface area contributed by atoms with Crippen LogP contribution in [-0.4, -0.2) is 34.6 Å². The standard InChI is InChI=1S/C10H19N3S/c1-2-14-7-3-5-11-6-4-10-8-12-9-13-10/h8-9,11H,2-7H2,1H3,(H,12,13). The van der Waals surface area contributed by atoms with E-state index in [0.717, 1.165) is 19.5 Å². The maximum atomic E-state index is 3.97. The van der Waals surface area contributed by atoms with Gasteiger partial charge in [-0.3, -0.25) is 0 Å². The van der Waals surface area contributed by atoms with Gasteiger partial charge in [-0.1, -0.05) is 6.92 Å². The molecule has 1 aromatic rings. The molecule has 4 heteroatoms. The predicted octanol–water partition coefficient (Wildman–Crippen LogP) is 1.68. The topological polar surface area (TPSA) is 40.7 Å². The number of hydrogen-bond donors (Lipinski definition) is 2. The molecule has 0 fully saturated rings. The first-order chi connectivity index (χ1) is 6.93. The molecule has 0 radical (unpaired) electrons. The number of H-pyrrole nitrogens is 1. The van der Waals surface area contributed by atoms with E-state index < -0.39 is 0 Å². The minimum absolute atomic E-state index is 1.04. The number of hydrogen-bond acceptors (Lipinski definition) is 3. The molecule has 1 heterocycles. The number of nitrogens with zero attached hydrogens (tertiary/aromatic N) is 1. The molecule has 1 aromatic heterocycles. The summed E-state index contributed by atoms with van der Waals surface area (Å²) in [6, 6.07) is 0. The van der Waals surface area contributed by atoms with Gasteiger partial charge in [-0.25, -0.2) is 4.98 Å². The minimum Gasteiger partial charge on any atom is -0.348 e. The monoisotopic (exact) mass is 213 g/mol. The maximum absolute atomic E-state index is 3.97. The van der Waals surface area contributed by atoms with E-state index in [1.807, 2.05) is 18.0 Å². The Bertz CT molecular complexity index is 211. The number of imidazole rings is 1. The Morgan fingerprint density at radius 3 is 3.14 bits per heavy atom. The summed E-state index contributed by atoms with van der Waals surface area (Å²) in [6.07, 6.45) is 5.92. The van der Waals surface area contributed by atoms with Gasteiger partial charge in [0.15, 0.2) is 0 Å². The van der Waals surface area contributed by atoms with Crippen LogP contribution in [0.15, 0.2) is 12.5 Å². The highest BCUT2D eigenvalue weighted by Gasteiger charge is 1.93. The van der Waals surface area contributed by atoms with Crippen molar-refractivity contribution >= 4 is 11.8 Å². The Morgan fingerprint density at radius 2 is 2.43 bits per heavy atom. The molecule has 0 aliphatic rings. The molecule has 0 saturated carbocycles. The summed E-state index contributed by atoms with van der Waals surface area (Å²) in [5.41, 5.74) is 1.21. The summed E-state index contributed by atoms with van der Waals surface area (Å²) in [5.74, 6) is 2.50. The predicted molar refractivity (Wildman–Crippen MR) is 62.8 cm³/mol. The van der Waals surface area contributed by atoms with Gasteiger partial charge in [0.25, 0.3) is 0 Å². The molecule has 0 aromatic carbocycles. The number of rotatable bonds is 8. The van der Waals surface area contributed by atoms with E-state index in [2.05, 4.69) is 22.2 Å². The van der Waals surface area contributed by atoms with Crippen molar-refractivity contribution in [2.24, 2.45) is 0 Å². The van der Waals surface area contributed by atoms with Gasteiger partial charge in [-0.05, 0) is 24.5 Å². The van der Waals surface area contributed by atoms with Gasteiger partial charge in [0, 0.05) is 24.9 Å². The van der Waals surface area contributed by atoms with Gasteiger partial charge >= 0.3 is 0 Å². The molecule has 0 saturated heterocycles. The van der Waals surface area contributed by atoms with E-state index >= 15 is 0 Å². The van der Waals surface area contributed by atoms with Crippen LogP contribution in [0.2, 0.25) is 0 Å². The normalized spacial score (nSPS) is 10.6. The van der Waals surface area contributed by atoms with Gasteiger partial charge in [0.2, 0.25) is 0 Å². The first-order valence-electron chi connectivity index (χ1n) is 5.19. The molecule has 0 spiro atoms. The quantitative estimate of drug-likeness (QED) is 0.646. The van der Waals surface area contributed by atoms with E-state index in [9.17, 15) is 0 Å². The molecule has 2 N–H and O–H groups in total. The lowest BCUT2D eigenvalue weighted by Crippen LogP contribution is -2.19. The van der Waals surface area contributed by atoms with Crippen LogP contribution in [0.5, 0.6) is 0 Å². The van der Waals surface area contributed by atoms with E-state index in [-0.39, 0.29) is 0 Å². The average Bonchev–Trinajstić information content (AvgIpc) is 2.69. The lowest BCUT2D eigenvalue weighted by Gasteiger charge is -2.02. The van der Waals surface area contributed by atoms with Crippen molar-refractivity contribution < 1.29 is 0 Å². The third kappa shape index (κ3) is 5.29. The number of aromatic nitrogens is 2. The van der Waals surface area contributed by atoms with Crippen LogP contribution >= 0.6 is 11.8 Å². The molecular formula is C10H19N3S. The Hall–Kier alpha value is -0.480. The zero-order valence-corrected chi connectivity index (χ0v) is 9.57. The summed E-state index contributed by atoms with van der Waals surface area (Å²) in [7, 11) is 0. The van der Waals surface area contributed by atoms with Crippen LogP contribution in [0.4, 0.5) is 0 Å². The van der Waals surface area contributed by atoms with Crippen LogP contribution < -0.4 is 5.32 Å². The lowest BCUT2D eigenvalue weighted by molar-refractivity contribution is 0.670. The first kappa shape index (κ1) is 11.6. The van der Waals surface area contributed by atoms with E-state index in [1.165, 1.54) is 23.6 Å². The fraction of sp³-hybridized carbons (Fsp3) is 0.700. The molecule has 80 valence electrons. The molecule has 0 amide bonds. The molecule has 0 unspecified atom stereocenters. The zero-order valence-electron chi connectivity index (χ0n) is 8.75. The van der Waals surface area contributed by atoms with Crippen molar-refractivity contribution in [3.05, 3.63) is 18.2 Å². The third-order valence-corrected chi connectivity index (χ3v) is 2.96. The Morgan fingerprint density at radius 1 is 1.50 bits per heavy atom. The van der Waals surface area contributed by atoms with Crippen molar-refractivity contribution in [1.29, 1.82) is 0 Å². The lowest BCUT2D eigenvalue weighted by atomic mass is 10.3. The van der Waals surface area contributed by atoms with E-state index in [1.54, 1.807) is 6.33 Å². The maximum Gasteiger partial charge on any atom is 0.0921 e. The van der Waals surface area contributed by atoms with Gasteiger partial charge in [-0.2, -0.15) is 11.8 Å². The van der Waals surface area contributed by atoms with Crippen LogP contribution in [0, 0.1) is 0 Å². The van der Waals surface area contributed by atoms with Crippen molar-refractivity contribution in [1.82, 2.24) is 15.3 Å². The summed E-state index contributed by atoms with van der Waals surface area (Å²) in [4.78, 5) is 7.07. The first-order valence-corrected chi connectivity index (χ1v) is 6.34. The molecule has 0 atom stereocenters. The van der Waals surface area contributed by atoms with Crippen LogP contribution in [0.25, 0.3) is 0 Å². The van der Waals surface area contributed by atoms with Crippen molar-refractivity contribution in [3.8, 4) is 0 Å². The van der Waals surface area contributed by atoms with Crippen LogP contribution in [-0.2, 0) is 6.42 Å². The summed E-state index contributed by atoms with van der Waals surface area (Å²) >= 11 is 2.01. The number of thioether (sulfide) groups is 1. The second kappa shape index (κ2) is 7.88. The Labute approximate surface area is 90.1 Å². The highest BCUT2D eigenvalue weighted by atomic mass is 32.2. The smallest absolute Gasteiger partial charge is 0.0921 e. The molecule has 1 rings (SSSR count). The highest BCUT2D eigenvalue weighted by molar-refractivity contribution is 7.99. The summed E-state index contributed by atoms with van der Waals surface area (Å²) in [5, 5.41) is 3.42. The minimum atomic E-state index is 1.04. The Kier molecular flexibility index (Phi) is 6.53. The van der Waals surface area contributed by atoms with Gasteiger partial charge in [-0.15, -0.1) is 0 Å². The van der Waals surface area contributed by atoms with Crippen molar-refractivity contribution in [2.75, 3.05) is 24.6 Å². The van der Waals surface area contributed by atoms with E-state index in [0.29, 0.717) is 0 Å². The molecule has 3 nitrogen and oxygen atoms in total. The second-order valence-electron chi connectivity index (χ2n) is 3.13. The largest absolute Gasteiger partial charge is 0.348 e. The van der Waals surface area contributed by atoms with Crippen molar-refractivity contribution in [2.45, 2.75) is 19.8 Å². The van der Waals surface area contributed by atoms with Crippen LogP contribution in [0.1, 0.15) is 19.0 Å². The molecule has 0 aliphatic heterocycles. The number of nitrogens with one attached hydrogen (secondary N) is 2. The molecule has 0 aliphatic carbocycles. The fourth-order valence-corrected chi connectivity index (χ4v) is 1.85. The molecular weight excluding hydrogens is 194 g/mol. The molecule has 14 heavy (non-hydrogen) atoms. The number of aromatic amines is 1. The highest BCUT2D eigenvalue weighted by Crippen LogP contribution is 1.99. The van der Waals surface area contributed by atoms with Crippen molar-refractivity contribution in [3.63, 3.8) is 0 Å². The third-order valence-electron chi connectivity index (χ3n) is 1.97. The molecule has 0 bridgehead atoms. The van der Waals surface area contributed by atoms with E-state index in [4.69, 9.17) is 0 Å². The average molecular weight is 213 g/mol. The second-order valence-corrected chi connectivity index (χ2v) is 4.52. The van der Waals surface area contributed by atoms with Crippen LogP contribution in [0.3, 0.4) is 0 Å². The fourth-order valence-electron chi connectivity index (χ4n) is 1.21. The summed E-state index contributed by atoms with van der Waals surface area (Å²) in [6.45, 7) is 4.37.